The first-order valence-corrected chi connectivity index (χ1v) is 12.4. The number of aliphatic hydroxyl groups excluding tert-OH is 1. The maximum atomic E-state index is 13.2. The van der Waals surface area contributed by atoms with Gasteiger partial charge in [-0.3, -0.25) is 9.59 Å². The zero-order chi connectivity index (χ0) is 20.5. The summed E-state index contributed by atoms with van der Waals surface area (Å²) in [6.07, 6.45) is 12.7. The Kier molecular flexibility index (Phi) is 4.53. The minimum Gasteiger partial charge on any atom is -0.461 e. The zero-order valence-electron chi connectivity index (χ0n) is 18.0. The maximum absolute atomic E-state index is 13.2. The molecular formula is C25H36O5. The van der Waals surface area contributed by atoms with E-state index in [0.29, 0.717) is 35.5 Å². The van der Waals surface area contributed by atoms with Gasteiger partial charge in [-0.05, 0) is 113 Å². The molecule has 8 saturated carbocycles. The van der Waals surface area contributed by atoms with E-state index in [4.69, 9.17) is 9.47 Å². The van der Waals surface area contributed by atoms with Crippen molar-refractivity contribution < 1.29 is 24.2 Å². The Balaban J connectivity index is 1.07. The zero-order valence-corrected chi connectivity index (χ0v) is 18.0. The lowest BCUT2D eigenvalue weighted by Gasteiger charge is -2.55. The highest BCUT2D eigenvalue weighted by molar-refractivity contribution is 5.78. The van der Waals surface area contributed by atoms with E-state index >= 15 is 0 Å². The van der Waals surface area contributed by atoms with E-state index < -0.39 is 6.10 Å². The third kappa shape index (κ3) is 3.13. The van der Waals surface area contributed by atoms with Gasteiger partial charge in [0.15, 0.2) is 6.10 Å². The average Bonchev–Trinajstić information content (AvgIpc) is 2.68. The predicted octanol–water partition coefficient (Wildman–Crippen LogP) is 3.87. The van der Waals surface area contributed by atoms with Crippen LogP contribution in [0.25, 0.3) is 0 Å². The second-order valence-corrected chi connectivity index (χ2v) is 12.2. The van der Waals surface area contributed by atoms with Gasteiger partial charge in [0.25, 0.3) is 0 Å². The predicted molar refractivity (Wildman–Crippen MR) is 109 cm³/mol. The molecule has 8 aliphatic rings. The van der Waals surface area contributed by atoms with Crippen molar-refractivity contribution in [3.63, 3.8) is 0 Å². The Morgan fingerprint density at radius 1 is 0.700 bits per heavy atom. The van der Waals surface area contributed by atoms with Crippen molar-refractivity contribution in [1.29, 1.82) is 0 Å². The highest BCUT2D eigenvalue weighted by Crippen LogP contribution is 2.61. The van der Waals surface area contributed by atoms with Crippen molar-refractivity contribution in [3.8, 4) is 0 Å². The van der Waals surface area contributed by atoms with Gasteiger partial charge in [-0.1, -0.05) is 0 Å². The summed E-state index contributed by atoms with van der Waals surface area (Å²) in [7, 11) is 0. The normalized spacial score (nSPS) is 48.6. The van der Waals surface area contributed by atoms with E-state index in [1.54, 1.807) is 0 Å². The van der Waals surface area contributed by atoms with Gasteiger partial charge in [0.05, 0.1) is 17.4 Å². The van der Waals surface area contributed by atoms with E-state index in [0.717, 1.165) is 38.5 Å². The third-order valence-electron chi connectivity index (χ3n) is 9.82. The fourth-order valence-corrected chi connectivity index (χ4v) is 9.44. The number of hydrogen-bond donors (Lipinski definition) is 1. The molecule has 1 N–H and O–H groups in total. The fraction of sp³-hybridized carbons (Fsp3) is 0.920. The van der Waals surface area contributed by atoms with Gasteiger partial charge in [0.1, 0.15) is 6.61 Å². The number of ether oxygens (including phenoxy) is 2. The largest absolute Gasteiger partial charge is 0.461 e. The lowest BCUT2D eigenvalue weighted by Crippen LogP contribution is -2.52. The Morgan fingerprint density at radius 3 is 1.43 bits per heavy atom. The summed E-state index contributed by atoms with van der Waals surface area (Å²) in [5, 5.41) is 9.84. The third-order valence-corrected chi connectivity index (χ3v) is 9.82. The van der Waals surface area contributed by atoms with Gasteiger partial charge in [-0.25, -0.2) is 0 Å². The molecule has 1 atom stereocenters. The molecule has 8 fully saturated rings. The molecule has 0 aromatic rings. The van der Waals surface area contributed by atoms with Gasteiger partial charge >= 0.3 is 11.9 Å². The summed E-state index contributed by atoms with van der Waals surface area (Å²) in [6, 6.07) is 0. The smallest absolute Gasteiger partial charge is 0.312 e. The molecule has 0 aliphatic heterocycles. The van der Waals surface area contributed by atoms with Crippen LogP contribution in [0, 0.1) is 46.3 Å². The molecule has 8 aliphatic carbocycles. The molecule has 0 spiro atoms. The molecule has 5 heteroatoms. The molecule has 8 bridgehead atoms. The molecule has 5 nitrogen and oxygen atoms in total. The number of esters is 2. The lowest BCUT2D eigenvalue weighted by atomic mass is 9.49. The van der Waals surface area contributed by atoms with Crippen LogP contribution >= 0.6 is 0 Å². The van der Waals surface area contributed by atoms with Gasteiger partial charge in [0.2, 0.25) is 0 Å². The highest BCUT2D eigenvalue weighted by atomic mass is 16.6. The average molecular weight is 417 g/mol. The molecule has 0 radical (unpaired) electrons. The second-order valence-electron chi connectivity index (χ2n) is 12.2. The van der Waals surface area contributed by atoms with Crippen LogP contribution in [0.4, 0.5) is 0 Å². The topological polar surface area (TPSA) is 72.8 Å². The van der Waals surface area contributed by atoms with Crippen LogP contribution in [-0.4, -0.2) is 36.4 Å². The van der Waals surface area contributed by atoms with E-state index in [9.17, 15) is 14.7 Å². The van der Waals surface area contributed by atoms with Crippen molar-refractivity contribution >= 4 is 11.9 Å². The van der Waals surface area contributed by atoms with Gasteiger partial charge in [0, 0.05) is 0 Å². The summed E-state index contributed by atoms with van der Waals surface area (Å²) < 4.78 is 11.5. The highest BCUT2D eigenvalue weighted by Gasteiger charge is 2.57. The molecule has 30 heavy (non-hydrogen) atoms. The molecule has 8 rings (SSSR count). The minimum absolute atomic E-state index is 0.00477. The molecule has 0 saturated heterocycles. The van der Waals surface area contributed by atoms with Crippen LogP contribution in [0.1, 0.15) is 77.0 Å². The van der Waals surface area contributed by atoms with Crippen LogP contribution in [0.15, 0.2) is 0 Å². The number of hydrogen-bond acceptors (Lipinski definition) is 5. The number of rotatable bonds is 6. The summed E-state index contributed by atoms with van der Waals surface area (Å²) in [6.45, 7) is -0.290. The molecular weight excluding hydrogens is 380 g/mol. The van der Waals surface area contributed by atoms with Crippen LogP contribution in [0.5, 0.6) is 0 Å². The maximum Gasteiger partial charge on any atom is 0.312 e. The summed E-state index contributed by atoms with van der Waals surface area (Å²) in [5.74, 6) is 3.82. The van der Waals surface area contributed by atoms with Crippen LogP contribution in [-0.2, 0) is 19.1 Å². The standard InChI is InChI=1S/C25H36O5/c26-13-21(30-23(28)25-10-18-4-19(11-25)6-20(5-18)12-25)14-29-22(27)24-7-15-1-16(8-24)3-17(2-15)9-24/h15-21,26H,1-14H2/t15?,16?,17?,18?,19?,20?,21-,24?,25?/m0/s1. The first kappa shape index (κ1) is 19.6. The number of aliphatic hydroxyl groups is 1. The Labute approximate surface area is 179 Å². The molecule has 166 valence electrons. The van der Waals surface area contributed by atoms with E-state index in [-0.39, 0.29) is 36.0 Å². The van der Waals surface area contributed by atoms with Gasteiger partial charge < -0.3 is 14.6 Å². The van der Waals surface area contributed by atoms with Gasteiger partial charge in [-0.2, -0.15) is 0 Å². The summed E-state index contributed by atoms with van der Waals surface area (Å²) in [5.41, 5.74) is -0.648. The number of carbonyl (C=O) groups is 2. The van der Waals surface area contributed by atoms with Crippen LogP contribution < -0.4 is 0 Å². The van der Waals surface area contributed by atoms with Gasteiger partial charge in [-0.15, -0.1) is 0 Å². The second kappa shape index (κ2) is 6.95. The molecule has 0 unspecified atom stereocenters. The lowest BCUT2D eigenvalue weighted by molar-refractivity contribution is -0.188. The first-order valence-electron chi connectivity index (χ1n) is 12.4. The van der Waals surface area contributed by atoms with E-state index in [1.165, 1.54) is 38.5 Å². The Hall–Kier alpha value is -1.10. The summed E-state index contributed by atoms with van der Waals surface area (Å²) in [4.78, 5) is 26.2. The van der Waals surface area contributed by atoms with E-state index in [2.05, 4.69) is 0 Å². The first-order chi connectivity index (χ1) is 14.5. The minimum atomic E-state index is -0.733. The Morgan fingerprint density at radius 2 is 1.07 bits per heavy atom. The monoisotopic (exact) mass is 416 g/mol. The molecule has 0 amide bonds. The van der Waals surface area contributed by atoms with Crippen molar-refractivity contribution in [1.82, 2.24) is 0 Å². The van der Waals surface area contributed by atoms with Crippen molar-refractivity contribution in [3.05, 3.63) is 0 Å². The van der Waals surface area contributed by atoms with Crippen molar-refractivity contribution in [2.45, 2.75) is 83.2 Å². The quantitative estimate of drug-likeness (QED) is 0.666. The van der Waals surface area contributed by atoms with Crippen molar-refractivity contribution in [2.24, 2.45) is 46.3 Å². The number of carbonyl (C=O) groups excluding carboxylic acids is 2. The van der Waals surface area contributed by atoms with E-state index in [1.807, 2.05) is 0 Å². The van der Waals surface area contributed by atoms with Crippen molar-refractivity contribution in [2.75, 3.05) is 13.2 Å². The van der Waals surface area contributed by atoms with Crippen LogP contribution in [0.2, 0.25) is 0 Å². The van der Waals surface area contributed by atoms with Crippen LogP contribution in [0.3, 0.4) is 0 Å². The molecule has 0 aromatic carbocycles. The SMILES string of the molecule is O=C(OC[C@H](CO)OC(=O)C12CC3CC(CC(C3)C1)C2)C12CC3CC(CC(C3)C1)C2. The molecule has 0 aromatic heterocycles. The summed E-state index contributed by atoms with van der Waals surface area (Å²) >= 11 is 0. The Bertz CT molecular complexity index is 656. The fourth-order valence-electron chi connectivity index (χ4n) is 9.44. The molecule has 0 heterocycles.